The molecule has 1 aliphatic carbocycles. The zero-order valence-electron chi connectivity index (χ0n) is 13.2. The van der Waals surface area contributed by atoms with Gasteiger partial charge >= 0.3 is 5.97 Å². The van der Waals surface area contributed by atoms with E-state index in [0.717, 1.165) is 40.4 Å². The van der Waals surface area contributed by atoms with Gasteiger partial charge in [-0.3, -0.25) is 4.79 Å². The highest BCUT2D eigenvalue weighted by Gasteiger charge is 2.24. The van der Waals surface area contributed by atoms with Gasteiger partial charge in [0.2, 0.25) is 0 Å². The van der Waals surface area contributed by atoms with Crippen molar-refractivity contribution < 1.29 is 9.90 Å². The molecule has 0 amide bonds. The lowest BCUT2D eigenvalue weighted by Crippen LogP contribution is -2.08. The number of nitrogens with zero attached hydrogens (tertiary/aromatic N) is 4. The molecule has 6 nitrogen and oxygen atoms in total. The molecule has 1 aliphatic rings. The van der Waals surface area contributed by atoms with Crippen LogP contribution in [0.4, 0.5) is 0 Å². The molecule has 3 aromatic heterocycles. The molecule has 1 N–H and O–H groups in total. The molecule has 0 spiro atoms. The number of hydrogen-bond donors (Lipinski definition) is 1. The van der Waals surface area contributed by atoms with Crippen LogP contribution in [0.25, 0.3) is 15.9 Å². The minimum absolute atomic E-state index is 0.0474. The maximum atomic E-state index is 10.8. The second-order valence-corrected chi connectivity index (χ2v) is 7.43. The number of rotatable bonds is 3. The van der Waals surface area contributed by atoms with Crippen molar-refractivity contribution in [1.82, 2.24) is 19.6 Å². The molecule has 3 aromatic rings. The standard InChI is InChI=1S/C16H18N4O2S/c1-8-3-4-10-11(7-8)23-16-14(10)15-18-12(5-6-13(21)22)19-20(15)9(2)17-16/h8H,3-7H2,1-2H3,(H,21,22). The van der Waals surface area contributed by atoms with E-state index in [1.54, 1.807) is 15.9 Å². The molecule has 0 radical (unpaired) electrons. The van der Waals surface area contributed by atoms with Crippen LogP contribution in [0.3, 0.4) is 0 Å². The summed E-state index contributed by atoms with van der Waals surface area (Å²) >= 11 is 1.77. The molecule has 7 heteroatoms. The number of carbonyl (C=O) groups is 1. The molecule has 0 aromatic carbocycles. The summed E-state index contributed by atoms with van der Waals surface area (Å²) in [6, 6.07) is 0. The Balaban J connectivity index is 1.90. The molecule has 4 rings (SSSR count). The summed E-state index contributed by atoms with van der Waals surface area (Å²) in [6.45, 7) is 4.21. The Morgan fingerprint density at radius 3 is 3.04 bits per heavy atom. The van der Waals surface area contributed by atoms with Gasteiger partial charge in [-0.1, -0.05) is 6.92 Å². The molecule has 23 heavy (non-hydrogen) atoms. The van der Waals surface area contributed by atoms with Crippen LogP contribution in [0.15, 0.2) is 0 Å². The van der Waals surface area contributed by atoms with E-state index < -0.39 is 5.97 Å². The van der Waals surface area contributed by atoms with E-state index in [-0.39, 0.29) is 6.42 Å². The molecule has 0 saturated heterocycles. The predicted octanol–water partition coefficient (Wildman–Crippen LogP) is 2.79. The SMILES string of the molecule is Cc1nc2sc3c(c2c2nc(CCC(=O)O)nn12)CCC(C)C3. The molecule has 1 unspecified atom stereocenters. The van der Waals surface area contributed by atoms with Crippen LogP contribution in [-0.4, -0.2) is 30.7 Å². The van der Waals surface area contributed by atoms with Gasteiger partial charge in [-0.25, -0.2) is 9.97 Å². The molecule has 3 heterocycles. The Labute approximate surface area is 137 Å². The lowest BCUT2D eigenvalue weighted by Gasteiger charge is -2.17. The number of aryl methyl sites for hydroxylation is 3. The van der Waals surface area contributed by atoms with Crippen LogP contribution >= 0.6 is 11.3 Å². The molecular formula is C16H18N4O2S. The van der Waals surface area contributed by atoms with Crippen LogP contribution in [-0.2, 0) is 24.1 Å². The highest BCUT2D eigenvalue weighted by Crippen LogP contribution is 2.38. The van der Waals surface area contributed by atoms with E-state index in [9.17, 15) is 4.79 Å². The van der Waals surface area contributed by atoms with Crippen molar-refractivity contribution in [2.24, 2.45) is 5.92 Å². The lowest BCUT2D eigenvalue weighted by molar-refractivity contribution is -0.137. The van der Waals surface area contributed by atoms with Gasteiger partial charge in [0.25, 0.3) is 0 Å². The van der Waals surface area contributed by atoms with Gasteiger partial charge in [0.1, 0.15) is 10.7 Å². The number of carboxylic acid groups (broad SMARTS) is 1. The maximum absolute atomic E-state index is 10.8. The largest absolute Gasteiger partial charge is 0.481 e. The Kier molecular flexibility index (Phi) is 3.33. The van der Waals surface area contributed by atoms with E-state index in [0.29, 0.717) is 12.2 Å². The van der Waals surface area contributed by atoms with Crippen molar-refractivity contribution in [3.63, 3.8) is 0 Å². The van der Waals surface area contributed by atoms with Crippen LogP contribution in [0.1, 0.15) is 41.9 Å². The number of thiophene rings is 1. The van der Waals surface area contributed by atoms with Crippen molar-refractivity contribution in [1.29, 1.82) is 0 Å². The van der Waals surface area contributed by atoms with Gasteiger partial charge in [0.05, 0.1) is 11.8 Å². The third kappa shape index (κ3) is 2.39. The first-order valence-electron chi connectivity index (χ1n) is 7.91. The lowest BCUT2D eigenvalue weighted by atomic mass is 9.89. The fraction of sp³-hybridized carbons (Fsp3) is 0.500. The van der Waals surface area contributed by atoms with Crippen LogP contribution < -0.4 is 0 Å². The summed E-state index contributed by atoms with van der Waals surface area (Å²) in [7, 11) is 0. The Morgan fingerprint density at radius 1 is 1.43 bits per heavy atom. The molecule has 0 saturated carbocycles. The molecule has 1 atom stereocenters. The minimum Gasteiger partial charge on any atom is -0.481 e. The second-order valence-electron chi connectivity index (χ2n) is 6.35. The van der Waals surface area contributed by atoms with Crippen molar-refractivity contribution in [3.05, 3.63) is 22.1 Å². The highest BCUT2D eigenvalue weighted by atomic mass is 32.1. The van der Waals surface area contributed by atoms with Crippen LogP contribution in [0, 0.1) is 12.8 Å². The summed E-state index contributed by atoms with van der Waals surface area (Å²) in [5.74, 6) is 1.27. The average molecular weight is 330 g/mol. The van der Waals surface area contributed by atoms with E-state index in [1.165, 1.54) is 16.9 Å². The van der Waals surface area contributed by atoms with E-state index in [4.69, 9.17) is 10.1 Å². The summed E-state index contributed by atoms with van der Waals surface area (Å²) in [5.41, 5.74) is 2.21. The normalized spacial score (nSPS) is 17.7. The van der Waals surface area contributed by atoms with Crippen molar-refractivity contribution >= 4 is 33.2 Å². The first-order chi connectivity index (χ1) is 11.0. The number of carboxylic acids is 1. The summed E-state index contributed by atoms with van der Waals surface area (Å²) in [6.07, 6.45) is 3.77. The quantitative estimate of drug-likeness (QED) is 0.798. The summed E-state index contributed by atoms with van der Waals surface area (Å²) in [5, 5.41) is 14.4. The van der Waals surface area contributed by atoms with Crippen molar-refractivity contribution in [3.8, 4) is 0 Å². The first kappa shape index (κ1) is 14.6. The predicted molar refractivity (Wildman–Crippen MR) is 88.0 cm³/mol. The van der Waals surface area contributed by atoms with Gasteiger partial charge in [-0.05, 0) is 37.7 Å². The van der Waals surface area contributed by atoms with E-state index in [1.807, 2.05) is 6.92 Å². The zero-order valence-corrected chi connectivity index (χ0v) is 14.0. The summed E-state index contributed by atoms with van der Waals surface area (Å²) < 4.78 is 1.77. The monoisotopic (exact) mass is 330 g/mol. The Bertz CT molecular complexity index is 927. The fourth-order valence-electron chi connectivity index (χ4n) is 3.31. The Hall–Kier alpha value is -2.02. The number of aliphatic carboxylic acids is 1. The molecule has 0 fully saturated rings. The minimum atomic E-state index is -0.828. The smallest absolute Gasteiger partial charge is 0.303 e. The number of fused-ring (bicyclic) bond motifs is 5. The van der Waals surface area contributed by atoms with Gasteiger partial charge in [0, 0.05) is 11.3 Å². The van der Waals surface area contributed by atoms with Crippen molar-refractivity contribution in [2.75, 3.05) is 0 Å². The molecular weight excluding hydrogens is 312 g/mol. The number of hydrogen-bond acceptors (Lipinski definition) is 5. The molecule has 0 aliphatic heterocycles. The second kappa shape index (κ2) is 5.26. The number of aromatic nitrogens is 4. The topological polar surface area (TPSA) is 80.4 Å². The highest BCUT2D eigenvalue weighted by molar-refractivity contribution is 7.19. The molecule has 120 valence electrons. The van der Waals surface area contributed by atoms with Gasteiger partial charge in [0.15, 0.2) is 11.5 Å². The zero-order chi connectivity index (χ0) is 16.1. The van der Waals surface area contributed by atoms with Gasteiger partial charge in [-0.15, -0.1) is 16.4 Å². The van der Waals surface area contributed by atoms with Gasteiger partial charge in [-0.2, -0.15) is 4.52 Å². The first-order valence-corrected chi connectivity index (χ1v) is 8.73. The van der Waals surface area contributed by atoms with E-state index >= 15 is 0 Å². The van der Waals surface area contributed by atoms with Crippen LogP contribution in [0.2, 0.25) is 0 Å². The summed E-state index contributed by atoms with van der Waals surface area (Å²) in [4.78, 5) is 22.6. The van der Waals surface area contributed by atoms with E-state index in [2.05, 4.69) is 17.0 Å². The average Bonchev–Trinajstić information content (AvgIpc) is 3.05. The third-order valence-electron chi connectivity index (χ3n) is 4.50. The molecule has 0 bridgehead atoms. The fourth-order valence-corrected chi connectivity index (χ4v) is 4.73. The van der Waals surface area contributed by atoms with Gasteiger partial charge < -0.3 is 5.11 Å². The third-order valence-corrected chi connectivity index (χ3v) is 5.65. The van der Waals surface area contributed by atoms with Crippen LogP contribution in [0.5, 0.6) is 0 Å². The maximum Gasteiger partial charge on any atom is 0.303 e. The van der Waals surface area contributed by atoms with Crippen molar-refractivity contribution in [2.45, 2.75) is 46.0 Å². The Morgan fingerprint density at radius 2 is 2.26 bits per heavy atom.